The Labute approximate surface area is 135 Å². The van der Waals surface area contributed by atoms with Gasteiger partial charge in [0.2, 0.25) is 11.8 Å². The first kappa shape index (κ1) is 17.7. The maximum atomic E-state index is 12.3. The highest BCUT2D eigenvalue weighted by Crippen LogP contribution is 2.16. The summed E-state index contributed by atoms with van der Waals surface area (Å²) in [6.45, 7) is 6.62. The molecule has 0 spiro atoms. The number of hydrogen-bond donors (Lipinski definition) is 1. The molecule has 1 N–H and O–H groups in total. The van der Waals surface area contributed by atoms with E-state index in [-0.39, 0.29) is 11.8 Å². The lowest BCUT2D eigenvalue weighted by molar-refractivity contribution is -0.140. The summed E-state index contributed by atoms with van der Waals surface area (Å²) in [6, 6.07) is 7.33. The molecule has 0 radical (unpaired) electrons. The predicted octanol–water partition coefficient (Wildman–Crippen LogP) is 3.10. The van der Waals surface area contributed by atoms with E-state index in [4.69, 9.17) is 0 Å². The average molecular weight is 355 g/mol. The first-order valence-electron chi connectivity index (χ1n) is 7.31. The van der Waals surface area contributed by atoms with Crippen LogP contribution in [0.5, 0.6) is 0 Å². The van der Waals surface area contributed by atoms with Gasteiger partial charge in [-0.15, -0.1) is 0 Å². The molecule has 21 heavy (non-hydrogen) atoms. The number of hydrogen-bond acceptors (Lipinski definition) is 2. The highest BCUT2D eigenvalue weighted by atomic mass is 79.9. The van der Waals surface area contributed by atoms with Gasteiger partial charge >= 0.3 is 0 Å². The number of nitrogens with zero attached hydrogens (tertiary/aromatic N) is 1. The quantitative estimate of drug-likeness (QED) is 0.817. The molecule has 1 aromatic carbocycles. The van der Waals surface area contributed by atoms with E-state index >= 15 is 0 Å². The molecule has 4 nitrogen and oxygen atoms in total. The molecule has 0 fully saturated rings. The summed E-state index contributed by atoms with van der Waals surface area (Å²) >= 11 is 3.43. The second-order valence-corrected chi connectivity index (χ2v) is 5.89. The van der Waals surface area contributed by atoms with Gasteiger partial charge < -0.3 is 10.2 Å². The van der Waals surface area contributed by atoms with Crippen molar-refractivity contribution < 1.29 is 9.59 Å². The van der Waals surface area contributed by atoms with Gasteiger partial charge in [0.1, 0.15) is 6.04 Å². The van der Waals surface area contributed by atoms with E-state index in [0.29, 0.717) is 19.5 Å². The molecule has 2 amide bonds. The summed E-state index contributed by atoms with van der Waals surface area (Å²) in [5.41, 5.74) is 1.00. The smallest absolute Gasteiger partial charge is 0.242 e. The highest BCUT2D eigenvalue weighted by molar-refractivity contribution is 9.10. The van der Waals surface area contributed by atoms with Gasteiger partial charge in [-0.05, 0) is 38.0 Å². The Kier molecular flexibility index (Phi) is 7.43. The van der Waals surface area contributed by atoms with E-state index in [1.54, 1.807) is 11.8 Å². The minimum absolute atomic E-state index is 0.0104. The minimum Gasteiger partial charge on any atom is -0.355 e. The summed E-state index contributed by atoms with van der Waals surface area (Å²) in [5.74, 6) is -0.104. The molecule has 0 aromatic heterocycles. The van der Waals surface area contributed by atoms with E-state index in [1.165, 1.54) is 0 Å². The lowest BCUT2D eigenvalue weighted by Crippen LogP contribution is -2.47. The normalized spacial score (nSPS) is 11.8. The molecule has 1 rings (SSSR count). The molecule has 116 valence electrons. The number of nitrogens with one attached hydrogen (secondary N) is 1. The maximum Gasteiger partial charge on any atom is 0.242 e. The fourth-order valence-electron chi connectivity index (χ4n) is 2.09. The number of benzene rings is 1. The molecule has 0 aliphatic rings. The molecule has 0 bridgehead atoms. The average Bonchev–Trinajstić information content (AvgIpc) is 2.44. The molecule has 0 unspecified atom stereocenters. The molecule has 0 heterocycles. The maximum absolute atomic E-state index is 12.3. The van der Waals surface area contributed by atoms with Crippen LogP contribution in [0, 0.1) is 0 Å². The fourth-order valence-corrected chi connectivity index (χ4v) is 2.54. The van der Waals surface area contributed by atoms with Crippen molar-refractivity contribution in [2.75, 3.05) is 6.54 Å². The molecule has 0 saturated heterocycles. The first-order chi connectivity index (χ1) is 9.99. The van der Waals surface area contributed by atoms with Crippen LogP contribution in [0.2, 0.25) is 0 Å². The zero-order valence-corrected chi connectivity index (χ0v) is 14.4. The van der Waals surface area contributed by atoms with Crippen molar-refractivity contribution in [3.8, 4) is 0 Å². The largest absolute Gasteiger partial charge is 0.355 e. The topological polar surface area (TPSA) is 49.4 Å². The van der Waals surface area contributed by atoms with Crippen LogP contribution in [-0.4, -0.2) is 29.3 Å². The van der Waals surface area contributed by atoms with Gasteiger partial charge in [-0.2, -0.15) is 0 Å². The second kappa shape index (κ2) is 8.82. The summed E-state index contributed by atoms with van der Waals surface area (Å²) < 4.78 is 0.966. The van der Waals surface area contributed by atoms with E-state index in [1.807, 2.05) is 38.1 Å². The Morgan fingerprint density at radius 3 is 2.62 bits per heavy atom. The molecule has 0 aliphatic carbocycles. The predicted molar refractivity (Wildman–Crippen MR) is 87.7 cm³/mol. The van der Waals surface area contributed by atoms with Crippen molar-refractivity contribution in [3.63, 3.8) is 0 Å². The Bertz CT molecular complexity index is 491. The van der Waals surface area contributed by atoms with E-state index in [0.717, 1.165) is 16.5 Å². The fraction of sp³-hybridized carbons (Fsp3) is 0.500. The summed E-state index contributed by atoms with van der Waals surface area (Å²) in [7, 11) is 0. The Morgan fingerprint density at radius 1 is 1.33 bits per heavy atom. The lowest BCUT2D eigenvalue weighted by Gasteiger charge is -2.28. The van der Waals surface area contributed by atoms with Gasteiger partial charge in [0, 0.05) is 24.0 Å². The molecule has 5 heteroatoms. The number of halogens is 1. The number of likely N-dealkylation sites (N-methyl/N-ethyl adjacent to an activating group) is 1. The zero-order chi connectivity index (χ0) is 15.8. The Morgan fingerprint density at radius 2 is 2.05 bits per heavy atom. The molecular formula is C16H23BrN2O2. The summed E-state index contributed by atoms with van der Waals surface area (Å²) in [5, 5.41) is 2.78. The van der Waals surface area contributed by atoms with Gasteiger partial charge in [0.15, 0.2) is 0 Å². The van der Waals surface area contributed by atoms with Crippen LogP contribution in [0.4, 0.5) is 0 Å². The van der Waals surface area contributed by atoms with Crippen LogP contribution in [-0.2, 0) is 16.1 Å². The monoisotopic (exact) mass is 354 g/mol. The minimum atomic E-state index is -0.469. The van der Waals surface area contributed by atoms with Crippen LogP contribution in [0.1, 0.15) is 39.2 Å². The SMILES string of the molecule is CCCC(=O)N(Cc1cccc(Br)c1)[C@H](C)C(=O)NCC. The van der Waals surface area contributed by atoms with Gasteiger partial charge in [-0.3, -0.25) is 9.59 Å². The number of amides is 2. The zero-order valence-electron chi connectivity index (χ0n) is 12.9. The number of carbonyl (C=O) groups is 2. The number of rotatable bonds is 7. The molecule has 1 aromatic rings. The van der Waals surface area contributed by atoms with Gasteiger partial charge in [0.25, 0.3) is 0 Å². The highest BCUT2D eigenvalue weighted by Gasteiger charge is 2.25. The van der Waals surface area contributed by atoms with Crippen LogP contribution >= 0.6 is 15.9 Å². The van der Waals surface area contributed by atoms with Crippen molar-refractivity contribution in [2.45, 2.75) is 46.2 Å². The standard InChI is InChI=1S/C16H23BrN2O2/c1-4-7-15(20)19(12(3)16(21)18-5-2)11-13-8-6-9-14(17)10-13/h6,8-10,12H,4-5,7,11H2,1-3H3,(H,18,21)/t12-/m1/s1. The van der Waals surface area contributed by atoms with Crippen molar-refractivity contribution in [3.05, 3.63) is 34.3 Å². The molecule has 1 atom stereocenters. The molecular weight excluding hydrogens is 332 g/mol. The van der Waals surface area contributed by atoms with E-state index in [9.17, 15) is 9.59 Å². The lowest BCUT2D eigenvalue weighted by atomic mass is 10.1. The van der Waals surface area contributed by atoms with Crippen LogP contribution in [0.15, 0.2) is 28.7 Å². The third kappa shape index (κ3) is 5.50. The van der Waals surface area contributed by atoms with Crippen molar-refractivity contribution in [1.82, 2.24) is 10.2 Å². The molecule has 0 aliphatic heterocycles. The van der Waals surface area contributed by atoms with Gasteiger partial charge in [-0.25, -0.2) is 0 Å². The van der Waals surface area contributed by atoms with E-state index in [2.05, 4.69) is 21.2 Å². The number of carbonyl (C=O) groups excluding carboxylic acids is 2. The Balaban J connectivity index is 2.91. The van der Waals surface area contributed by atoms with Gasteiger partial charge in [0.05, 0.1) is 0 Å². The summed E-state index contributed by atoms with van der Waals surface area (Å²) in [4.78, 5) is 26.0. The third-order valence-corrected chi connectivity index (χ3v) is 3.72. The van der Waals surface area contributed by atoms with E-state index < -0.39 is 6.04 Å². The van der Waals surface area contributed by atoms with Crippen molar-refractivity contribution in [2.24, 2.45) is 0 Å². The van der Waals surface area contributed by atoms with Crippen LogP contribution < -0.4 is 5.32 Å². The first-order valence-corrected chi connectivity index (χ1v) is 8.10. The van der Waals surface area contributed by atoms with Crippen LogP contribution in [0.3, 0.4) is 0 Å². The second-order valence-electron chi connectivity index (χ2n) is 4.97. The van der Waals surface area contributed by atoms with Gasteiger partial charge in [-0.1, -0.05) is 35.0 Å². The van der Waals surface area contributed by atoms with Crippen LogP contribution in [0.25, 0.3) is 0 Å². The Hall–Kier alpha value is -1.36. The van der Waals surface area contributed by atoms with Crippen molar-refractivity contribution in [1.29, 1.82) is 0 Å². The van der Waals surface area contributed by atoms with Crippen molar-refractivity contribution >= 4 is 27.7 Å². The third-order valence-electron chi connectivity index (χ3n) is 3.22. The molecule has 0 saturated carbocycles. The summed E-state index contributed by atoms with van der Waals surface area (Å²) in [6.07, 6.45) is 1.23.